The number of aromatic amines is 1. The van der Waals surface area contributed by atoms with Crippen LogP contribution in [0, 0.1) is 0 Å². The molecule has 2 aliphatic rings. The minimum absolute atomic E-state index is 0.248. The third-order valence-electron chi connectivity index (χ3n) is 1.40. The molecule has 2 heterocycles. The van der Waals surface area contributed by atoms with E-state index in [0.29, 0.717) is 5.69 Å². The first kappa shape index (κ1) is 5.96. The summed E-state index contributed by atoms with van der Waals surface area (Å²) in [5.41, 5.74) is 0.0778. The Hall–Kier alpha value is -1.78. The Labute approximate surface area is 61.2 Å². The lowest BCUT2D eigenvalue weighted by atomic mass is 10.3. The van der Waals surface area contributed by atoms with Crippen LogP contribution in [-0.2, 0) is 0 Å². The fourth-order valence-electron chi connectivity index (χ4n) is 0.938. The van der Waals surface area contributed by atoms with Gasteiger partial charge in [-0.05, 0) is 12.1 Å². The Kier molecular flexibility index (Phi) is 1.00. The summed E-state index contributed by atoms with van der Waals surface area (Å²) < 4.78 is 0.799. The van der Waals surface area contributed by atoms with Crippen LogP contribution in [0.3, 0.4) is 0 Å². The van der Waals surface area contributed by atoms with E-state index in [0.717, 1.165) is 4.73 Å². The quantitative estimate of drug-likeness (QED) is 0.517. The molecule has 0 unspecified atom stereocenters. The average Bonchev–Trinajstić information content (AvgIpc) is 2.31. The van der Waals surface area contributed by atoms with E-state index in [4.69, 9.17) is 5.21 Å². The van der Waals surface area contributed by atoms with Crippen molar-refractivity contribution in [3.05, 3.63) is 28.8 Å². The molecule has 0 aromatic heterocycles. The Morgan fingerprint density at radius 1 is 1.64 bits per heavy atom. The van der Waals surface area contributed by atoms with Gasteiger partial charge in [0.25, 0.3) is 0 Å². The topological polar surface area (TPSA) is 70.9 Å². The van der Waals surface area contributed by atoms with E-state index >= 15 is 0 Å². The van der Waals surface area contributed by atoms with Crippen molar-refractivity contribution in [3.8, 4) is 11.5 Å². The van der Waals surface area contributed by atoms with Gasteiger partial charge in [-0.25, -0.2) is 4.79 Å². The molecule has 0 bridgehead atoms. The van der Waals surface area contributed by atoms with Crippen molar-refractivity contribution in [1.29, 1.82) is 0 Å². The number of imidazole rings is 1. The predicted molar refractivity (Wildman–Crippen MR) is 36.7 cm³/mol. The van der Waals surface area contributed by atoms with Crippen LogP contribution >= 0.6 is 0 Å². The maximum Gasteiger partial charge on any atom is 0.347 e. The SMILES string of the molecule is O=c1nc2n(O)cccc-2[nH]1. The second-order valence-electron chi connectivity index (χ2n) is 2.13. The van der Waals surface area contributed by atoms with Gasteiger partial charge in [0.2, 0.25) is 0 Å². The molecule has 0 aromatic rings. The molecule has 2 aliphatic heterocycles. The number of nitrogens with one attached hydrogen (secondary N) is 1. The average molecular weight is 151 g/mol. The summed E-state index contributed by atoms with van der Waals surface area (Å²) in [4.78, 5) is 16.6. The highest BCUT2D eigenvalue weighted by molar-refractivity contribution is 5.49. The van der Waals surface area contributed by atoms with Crippen LogP contribution in [0.25, 0.3) is 11.5 Å². The van der Waals surface area contributed by atoms with Gasteiger partial charge in [0, 0.05) is 6.20 Å². The van der Waals surface area contributed by atoms with Crippen LogP contribution in [0.5, 0.6) is 0 Å². The summed E-state index contributed by atoms with van der Waals surface area (Å²) in [5, 5.41) is 9.08. The van der Waals surface area contributed by atoms with Gasteiger partial charge >= 0.3 is 5.69 Å². The van der Waals surface area contributed by atoms with Crippen LogP contribution < -0.4 is 5.69 Å². The monoisotopic (exact) mass is 151 g/mol. The van der Waals surface area contributed by atoms with E-state index in [2.05, 4.69) is 9.97 Å². The van der Waals surface area contributed by atoms with Crippen molar-refractivity contribution in [2.45, 2.75) is 0 Å². The zero-order chi connectivity index (χ0) is 7.84. The minimum Gasteiger partial charge on any atom is -0.427 e. The van der Waals surface area contributed by atoms with Gasteiger partial charge < -0.3 is 10.2 Å². The van der Waals surface area contributed by atoms with E-state index in [1.165, 1.54) is 6.20 Å². The molecule has 2 rings (SSSR count). The lowest BCUT2D eigenvalue weighted by molar-refractivity contribution is 0.186. The summed E-state index contributed by atoms with van der Waals surface area (Å²) >= 11 is 0. The molecular formula is C6H5N3O2. The molecule has 0 saturated carbocycles. The molecule has 5 heteroatoms. The first-order chi connectivity index (χ1) is 5.27. The van der Waals surface area contributed by atoms with Crippen LogP contribution in [0.2, 0.25) is 0 Å². The lowest BCUT2D eigenvalue weighted by Gasteiger charge is -1.99. The van der Waals surface area contributed by atoms with Crippen molar-refractivity contribution in [1.82, 2.24) is 14.7 Å². The van der Waals surface area contributed by atoms with E-state index in [-0.39, 0.29) is 5.82 Å². The van der Waals surface area contributed by atoms with Crippen LogP contribution in [0.4, 0.5) is 0 Å². The highest BCUT2D eigenvalue weighted by atomic mass is 16.5. The lowest BCUT2D eigenvalue weighted by Crippen LogP contribution is -2.01. The molecule has 0 aliphatic carbocycles. The molecule has 0 fully saturated rings. The number of hydrogen-bond donors (Lipinski definition) is 2. The summed E-state index contributed by atoms with van der Waals surface area (Å²) in [6.45, 7) is 0. The summed E-state index contributed by atoms with van der Waals surface area (Å²) in [5.74, 6) is 0.248. The normalized spacial score (nSPS) is 10.5. The van der Waals surface area contributed by atoms with Gasteiger partial charge in [-0.2, -0.15) is 9.71 Å². The standard InChI is InChI=1S/C6H5N3O2/c10-6-7-4-2-1-3-9(11)5(4)8-6/h1-3,11H,(H,7,10). The van der Waals surface area contributed by atoms with E-state index in [1.807, 2.05) is 0 Å². The van der Waals surface area contributed by atoms with Crippen molar-refractivity contribution < 1.29 is 5.21 Å². The number of H-pyrrole nitrogens is 1. The Bertz CT molecular complexity index is 403. The number of rotatable bonds is 0. The summed E-state index contributed by atoms with van der Waals surface area (Å²) in [6.07, 6.45) is 1.41. The third kappa shape index (κ3) is 0.778. The third-order valence-corrected chi connectivity index (χ3v) is 1.40. The zero-order valence-corrected chi connectivity index (χ0v) is 5.48. The summed E-state index contributed by atoms with van der Waals surface area (Å²) in [6, 6.07) is 3.27. The molecule has 0 spiro atoms. The molecule has 0 radical (unpaired) electrons. The van der Waals surface area contributed by atoms with E-state index in [9.17, 15) is 4.79 Å². The molecule has 0 amide bonds. The Morgan fingerprint density at radius 3 is 3.18 bits per heavy atom. The number of pyridine rings is 1. The maximum absolute atomic E-state index is 10.6. The van der Waals surface area contributed by atoms with Gasteiger partial charge in [-0.15, -0.1) is 0 Å². The maximum atomic E-state index is 10.6. The zero-order valence-electron chi connectivity index (χ0n) is 5.48. The van der Waals surface area contributed by atoms with Gasteiger partial charge in [-0.3, -0.25) is 0 Å². The summed E-state index contributed by atoms with van der Waals surface area (Å²) in [7, 11) is 0. The molecule has 0 saturated heterocycles. The van der Waals surface area contributed by atoms with Crippen molar-refractivity contribution in [2.24, 2.45) is 0 Å². The smallest absolute Gasteiger partial charge is 0.347 e. The second kappa shape index (κ2) is 1.85. The van der Waals surface area contributed by atoms with Crippen molar-refractivity contribution >= 4 is 0 Å². The van der Waals surface area contributed by atoms with Crippen molar-refractivity contribution in [2.75, 3.05) is 0 Å². The van der Waals surface area contributed by atoms with E-state index < -0.39 is 5.69 Å². The fraction of sp³-hybridized carbons (Fsp3) is 0. The fourth-order valence-corrected chi connectivity index (χ4v) is 0.938. The predicted octanol–water partition coefficient (Wildman–Crippen LogP) is -0.0865. The van der Waals surface area contributed by atoms with Gasteiger partial charge in [0.05, 0.1) is 5.69 Å². The first-order valence-corrected chi connectivity index (χ1v) is 3.04. The van der Waals surface area contributed by atoms with Crippen LogP contribution in [-0.4, -0.2) is 19.9 Å². The van der Waals surface area contributed by atoms with Gasteiger partial charge in [0.15, 0.2) is 5.82 Å². The first-order valence-electron chi connectivity index (χ1n) is 3.04. The molecule has 11 heavy (non-hydrogen) atoms. The number of fused-ring (bicyclic) bond motifs is 1. The largest absolute Gasteiger partial charge is 0.427 e. The van der Waals surface area contributed by atoms with Crippen LogP contribution in [0.1, 0.15) is 0 Å². The second-order valence-corrected chi connectivity index (χ2v) is 2.13. The Morgan fingerprint density at radius 2 is 2.45 bits per heavy atom. The van der Waals surface area contributed by atoms with Gasteiger partial charge in [-0.1, -0.05) is 0 Å². The highest BCUT2D eigenvalue weighted by Crippen LogP contribution is 2.11. The highest BCUT2D eigenvalue weighted by Gasteiger charge is 2.08. The molecule has 5 nitrogen and oxygen atoms in total. The molecule has 0 aromatic carbocycles. The molecule has 2 N–H and O–H groups in total. The van der Waals surface area contributed by atoms with Crippen molar-refractivity contribution in [3.63, 3.8) is 0 Å². The Balaban J connectivity index is 2.89. The van der Waals surface area contributed by atoms with Gasteiger partial charge in [0.1, 0.15) is 0 Å². The molecule has 56 valence electrons. The molecular weight excluding hydrogens is 146 g/mol. The number of nitrogens with zero attached hydrogens (tertiary/aromatic N) is 2. The number of hydrogen-bond acceptors (Lipinski definition) is 3. The van der Waals surface area contributed by atoms with E-state index in [1.54, 1.807) is 12.1 Å². The number of aromatic nitrogens is 3. The molecule has 0 atom stereocenters. The minimum atomic E-state index is -0.450. The van der Waals surface area contributed by atoms with Crippen LogP contribution in [0.15, 0.2) is 23.1 Å².